The maximum absolute atomic E-state index is 14.0. The molecular weight excluding hydrogens is 264 g/mol. The van der Waals surface area contributed by atoms with E-state index in [0.717, 1.165) is 12.5 Å². The van der Waals surface area contributed by atoms with Crippen molar-refractivity contribution in [1.82, 2.24) is 5.32 Å². The predicted molar refractivity (Wildman–Crippen MR) is 71.5 cm³/mol. The van der Waals surface area contributed by atoms with Crippen molar-refractivity contribution in [3.63, 3.8) is 0 Å². The summed E-state index contributed by atoms with van der Waals surface area (Å²) in [5.74, 6) is -1.17. The van der Waals surface area contributed by atoms with Crippen molar-refractivity contribution in [3.8, 4) is 0 Å². The summed E-state index contributed by atoms with van der Waals surface area (Å²) in [7, 11) is 0. The van der Waals surface area contributed by atoms with E-state index in [1.807, 2.05) is 13.8 Å². The van der Waals surface area contributed by atoms with Crippen LogP contribution < -0.4 is 5.32 Å². The van der Waals surface area contributed by atoms with Gasteiger partial charge in [0, 0.05) is 18.0 Å². The zero-order valence-electron chi connectivity index (χ0n) is 11.9. The lowest BCUT2D eigenvalue weighted by molar-refractivity contribution is 0.150. The Morgan fingerprint density at radius 1 is 1.40 bits per heavy atom. The van der Waals surface area contributed by atoms with E-state index in [2.05, 4.69) is 5.32 Å². The molecule has 0 radical (unpaired) electrons. The lowest BCUT2D eigenvalue weighted by atomic mass is 9.87. The van der Waals surface area contributed by atoms with E-state index in [4.69, 9.17) is 4.74 Å². The molecule has 1 N–H and O–H groups in total. The van der Waals surface area contributed by atoms with Crippen LogP contribution in [-0.4, -0.2) is 19.2 Å². The number of ether oxygens (including phenoxy) is 1. The van der Waals surface area contributed by atoms with Crippen LogP contribution in [0.4, 0.5) is 13.6 Å². The average Bonchev–Trinajstić information content (AvgIpc) is 2.90. The molecule has 0 saturated heterocycles. The van der Waals surface area contributed by atoms with Gasteiger partial charge >= 0.3 is 6.09 Å². The largest absolute Gasteiger partial charge is 0.450 e. The molecule has 0 spiro atoms. The van der Waals surface area contributed by atoms with Gasteiger partial charge < -0.3 is 10.1 Å². The third-order valence-corrected chi connectivity index (χ3v) is 4.17. The summed E-state index contributed by atoms with van der Waals surface area (Å²) >= 11 is 0. The predicted octanol–water partition coefficient (Wildman–Crippen LogP) is 3.38. The molecule has 1 unspecified atom stereocenters. The van der Waals surface area contributed by atoms with Crippen molar-refractivity contribution in [2.45, 2.75) is 32.6 Å². The highest BCUT2D eigenvalue weighted by molar-refractivity contribution is 5.67. The van der Waals surface area contributed by atoms with Crippen molar-refractivity contribution in [2.75, 3.05) is 13.2 Å². The van der Waals surface area contributed by atoms with Gasteiger partial charge in [0.2, 0.25) is 0 Å². The van der Waals surface area contributed by atoms with E-state index in [9.17, 15) is 13.6 Å². The molecule has 0 bridgehead atoms. The Balaban J connectivity index is 2.21. The van der Waals surface area contributed by atoms with Crippen molar-refractivity contribution in [2.24, 2.45) is 5.41 Å². The van der Waals surface area contributed by atoms with Gasteiger partial charge in [-0.2, -0.15) is 0 Å². The van der Waals surface area contributed by atoms with Crippen LogP contribution in [-0.2, 0) is 10.2 Å². The lowest BCUT2D eigenvalue weighted by Crippen LogP contribution is -2.35. The first kappa shape index (κ1) is 14.8. The summed E-state index contributed by atoms with van der Waals surface area (Å²) in [6.07, 6.45) is 0.215. The Morgan fingerprint density at radius 2 is 2.05 bits per heavy atom. The molecule has 3 nitrogen and oxygen atoms in total. The minimum absolute atomic E-state index is 0.148. The summed E-state index contributed by atoms with van der Waals surface area (Å²) in [5.41, 5.74) is -0.205. The first-order valence-corrected chi connectivity index (χ1v) is 6.68. The lowest BCUT2D eigenvalue weighted by Gasteiger charge is -2.22. The number of hydrogen-bond acceptors (Lipinski definition) is 2. The fourth-order valence-corrected chi connectivity index (χ4v) is 2.85. The molecule has 1 fully saturated rings. The quantitative estimate of drug-likeness (QED) is 0.920. The molecule has 1 aliphatic carbocycles. The second kappa shape index (κ2) is 5.04. The molecule has 20 heavy (non-hydrogen) atoms. The number of benzene rings is 1. The van der Waals surface area contributed by atoms with E-state index in [0.29, 0.717) is 5.56 Å². The van der Waals surface area contributed by atoms with Gasteiger partial charge in [0.25, 0.3) is 0 Å². The van der Waals surface area contributed by atoms with Crippen LogP contribution in [0.3, 0.4) is 0 Å². The van der Waals surface area contributed by atoms with Gasteiger partial charge in [0.1, 0.15) is 11.6 Å². The second-order valence-corrected chi connectivity index (χ2v) is 5.84. The highest BCUT2D eigenvalue weighted by Gasteiger charge is 2.62. The monoisotopic (exact) mass is 283 g/mol. The standard InChI is InChI=1S/C15H19F2NO2/c1-4-20-13(19)18-9-15(8-14(15,2)3)11-6-5-10(16)7-12(11)17/h5-7H,4,8-9H2,1-3H3,(H,18,19). The topological polar surface area (TPSA) is 38.3 Å². The zero-order chi connectivity index (χ0) is 15.0. The van der Waals surface area contributed by atoms with E-state index in [-0.39, 0.29) is 18.6 Å². The van der Waals surface area contributed by atoms with Crippen LogP contribution in [0.15, 0.2) is 18.2 Å². The normalized spacial score (nSPS) is 23.2. The van der Waals surface area contributed by atoms with Crippen LogP contribution in [0.5, 0.6) is 0 Å². The number of carbonyl (C=O) groups is 1. The number of carbonyl (C=O) groups excluding carboxylic acids is 1. The van der Waals surface area contributed by atoms with Gasteiger partial charge in [-0.15, -0.1) is 0 Å². The summed E-state index contributed by atoms with van der Waals surface area (Å²) in [6, 6.07) is 3.60. The highest BCUT2D eigenvalue weighted by atomic mass is 19.1. The maximum Gasteiger partial charge on any atom is 0.407 e. The molecule has 2 rings (SSSR count). The number of rotatable bonds is 4. The molecule has 1 amide bonds. The van der Waals surface area contributed by atoms with E-state index in [1.54, 1.807) is 6.92 Å². The average molecular weight is 283 g/mol. The molecule has 0 aromatic heterocycles. The van der Waals surface area contributed by atoms with Crippen LogP contribution in [0.1, 0.15) is 32.8 Å². The van der Waals surface area contributed by atoms with Gasteiger partial charge in [-0.25, -0.2) is 13.6 Å². The molecule has 1 saturated carbocycles. The minimum Gasteiger partial charge on any atom is -0.450 e. The highest BCUT2D eigenvalue weighted by Crippen LogP contribution is 2.64. The third-order valence-electron chi connectivity index (χ3n) is 4.17. The number of halogens is 2. The molecule has 1 aromatic carbocycles. The van der Waals surface area contributed by atoms with Crippen molar-refractivity contribution in [1.29, 1.82) is 0 Å². The smallest absolute Gasteiger partial charge is 0.407 e. The number of amides is 1. The summed E-state index contributed by atoms with van der Waals surface area (Å²) in [4.78, 5) is 11.4. The van der Waals surface area contributed by atoms with Crippen LogP contribution >= 0.6 is 0 Å². The summed E-state index contributed by atoms with van der Waals surface area (Å²) in [5, 5.41) is 2.66. The first-order chi connectivity index (χ1) is 9.32. The van der Waals surface area contributed by atoms with E-state index >= 15 is 0 Å². The molecule has 1 atom stereocenters. The Kier molecular flexibility index (Phi) is 3.71. The zero-order valence-corrected chi connectivity index (χ0v) is 11.9. The molecule has 0 aliphatic heterocycles. The van der Waals surface area contributed by atoms with E-state index in [1.165, 1.54) is 12.1 Å². The summed E-state index contributed by atoms with van der Waals surface area (Å²) in [6.45, 7) is 6.29. The molecule has 5 heteroatoms. The number of nitrogens with one attached hydrogen (secondary N) is 1. The van der Waals surface area contributed by atoms with Crippen molar-refractivity contribution >= 4 is 6.09 Å². The van der Waals surface area contributed by atoms with E-state index < -0.39 is 23.1 Å². The van der Waals surface area contributed by atoms with Crippen LogP contribution in [0, 0.1) is 17.0 Å². The van der Waals surface area contributed by atoms with Crippen molar-refractivity contribution < 1.29 is 18.3 Å². The Morgan fingerprint density at radius 3 is 2.55 bits per heavy atom. The van der Waals surface area contributed by atoms with Crippen LogP contribution in [0.25, 0.3) is 0 Å². The third kappa shape index (κ3) is 2.49. The van der Waals surface area contributed by atoms with Crippen molar-refractivity contribution in [3.05, 3.63) is 35.4 Å². The molecular formula is C15H19F2NO2. The van der Waals surface area contributed by atoms with Gasteiger partial charge in [0.05, 0.1) is 6.61 Å². The molecule has 110 valence electrons. The summed E-state index contributed by atoms with van der Waals surface area (Å²) < 4.78 is 31.9. The maximum atomic E-state index is 14.0. The SMILES string of the molecule is CCOC(=O)NCC1(c2ccc(F)cc2F)CC1(C)C. The Hall–Kier alpha value is -1.65. The Labute approximate surface area is 117 Å². The molecule has 1 aliphatic rings. The van der Waals surface area contributed by atoms with Gasteiger partial charge in [-0.3, -0.25) is 0 Å². The van der Waals surface area contributed by atoms with Gasteiger partial charge in [-0.05, 0) is 30.4 Å². The number of alkyl carbamates (subject to hydrolysis) is 1. The van der Waals surface area contributed by atoms with Crippen LogP contribution in [0.2, 0.25) is 0 Å². The fraction of sp³-hybridized carbons (Fsp3) is 0.533. The Bertz CT molecular complexity index is 531. The minimum atomic E-state index is -0.599. The second-order valence-electron chi connectivity index (χ2n) is 5.84. The molecule has 0 heterocycles. The van der Waals surface area contributed by atoms with Gasteiger partial charge in [0.15, 0.2) is 0 Å². The fourth-order valence-electron chi connectivity index (χ4n) is 2.85. The number of hydrogen-bond donors (Lipinski definition) is 1. The first-order valence-electron chi connectivity index (χ1n) is 6.68. The molecule has 1 aromatic rings. The van der Waals surface area contributed by atoms with Gasteiger partial charge in [-0.1, -0.05) is 19.9 Å².